The Morgan fingerprint density at radius 2 is 0.425 bits per heavy atom. The minimum Gasteiger partial charge on any atom is -0.262 e. The van der Waals surface area contributed by atoms with Gasteiger partial charge in [-0.3, -0.25) is 4.99 Å². The molecular formula is C112H147N5OS7Si2. The molecule has 127 heavy (non-hydrogen) atoms. The van der Waals surface area contributed by atoms with Crippen molar-refractivity contribution in [2.45, 2.75) is 338 Å². The predicted octanol–water partition coefficient (Wildman–Crippen LogP) is 34.8. The van der Waals surface area contributed by atoms with Crippen molar-refractivity contribution < 1.29 is 4.63 Å². The molecule has 0 radical (unpaired) electrons. The molecule has 0 spiro atoms. The van der Waals surface area contributed by atoms with E-state index in [-0.39, 0.29) is 0 Å². The number of aliphatic imine (C=N–C) groups is 1. The van der Waals surface area contributed by atoms with Gasteiger partial charge in [0.2, 0.25) is 0 Å². The third-order valence-electron chi connectivity index (χ3n) is 32.1. The molecule has 6 aromatic carbocycles. The zero-order chi connectivity index (χ0) is 95.6. The van der Waals surface area contributed by atoms with Crippen molar-refractivity contribution in [1.82, 2.24) is 19.1 Å². The summed E-state index contributed by atoms with van der Waals surface area (Å²) in [5.41, 5.74) is 65.0. The fourth-order valence-corrected chi connectivity index (χ4v) is 34.2. The van der Waals surface area contributed by atoms with E-state index in [9.17, 15) is 0 Å². The van der Waals surface area contributed by atoms with E-state index in [4.69, 9.17) is 9.62 Å². The summed E-state index contributed by atoms with van der Waals surface area (Å²) in [5, 5.41) is 14.1. The Labute approximate surface area is 796 Å². The maximum absolute atomic E-state index is 4.85. The highest BCUT2D eigenvalue weighted by Gasteiger charge is 2.40. The van der Waals surface area contributed by atoms with E-state index in [1.54, 1.807) is 32.3 Å². The molecule has 2 aliphatic heterocycles. The van der Waals surface area contributed by atoms with Gasteiger partial charge in [-0.05, 0) is 566 Å². The standard InChI is InChI=1S/C28H36S.C20H24S3.C16H24Si.C14H21NSi.C14H18S2.C10H12N2O.C10H12N2S/c1-13-15(3)19(7)25(20(8)16(13)4)27-23(11)24(12)28(29-27)26-21(9)17(5)14(2)18(6)22(26)10;1-9-11(3)17(21-15(9)7)19-13(5)14(6)20(23-19)18-12(4)10(2)16(8)22-18;1-9-10(2)12(4)16-15(11(9)3)13(5)14(6)17(16,7)8;1-8-9(2)11(4)14-13(10(8)3)15-12(5)16(14,6)7;1-7-9(3)13(15-11(7)5)14-10(4)8(2)12(6)16-14;2*1-5-6(2)8(4)10-9(7(5)3)11-13-12-10/h1-12H3;1-8H3;1-8H3;1-7H3;1-6H3;2*1-4H3. The number of hydrogen-bond acceptors (Lipinski definition) is 13. The molecule has 0 fully saturated rings. The van der Waals surface area contributed by atoms with E-state index in [1.165, 1.54) is 298 Å². The van der Waals surface area contributed by atoms with Crippen molar-refractivity contribution >= 4 is 145 Å². The summed E-state index contributed by atoms with van der Waals surface area (Å²) in [6, 6.07) is 0. The summed E-state index contributed by atoms with van der Waals surface area (Å²) in [7, 11) is -2.82. The van der Waals surface area contributed by atoms with Crippen LogP contribution < -0.4 is 10.4 Å². The average Bonchev–Trinajstić information content (AvgIpc) is 1.57. The number of nitrogens with zero attached hydrogens (tertiary/aromatic N) is 5. The Kier molecular flexibility index (Phi) is 30.8. The number of rotatable bonds is 5. The molecule has 16 rings (SSSR count). The Bertz CT molecular complexity index is 6410. The smallest absolute Gasteiger partial charge is 0.138 e. The number of aromatic nitrogens is 4. The van der Waals surface area contributed by atoms with Crippen LogP contribution in [0.2, 0.25) is 26.2 Å². The summed E-state index contributed by atoms with van der Waals surface area (Å²) in [6.45, 7) is 111. The van der Waals surface area contributed by atoms with Crippen LogP contribution in [0.5, 0.6) is 0 Å². The van der Waals surface area contributed by atoms with Gasteiger partial charge in [0, 0.05) is 63.9 Å². The van der Waals surface area contributed by atoms with Gasteiger partial charge in [0.05, 0.1) is 17.4 Å². The van der Waals surface area contributed by atoms with Gasteiger partial charge in [-0.15, -0.1) is 68.0 Å². The van der Waals surface area contributed by atoms with Crippen LogP contribution in [-0.2, 0) is 0 Å². The molecule has 6 nitrogen and oxygen atoms in total. The van der Waals surface area contributed by atoms with Gasteiger partial charge >= 0.3 is 0 Å². The molecule has 2 aliphatic rings. The first-order valence-electron chi connectivity index (χ1n) is 45.3. The summed E-state index contributed by atoms with van der Waals surface area (Å²) < 4.78 is 13.4. The number of allylic oxidation sites excluding steroid dienone is 2. The lowest BCUT2D eigenvalue weighted by Gasteiger charge is -2.25. The molecule has 676 valence electrons. The summed E-state index contributed by atoms with van der Waals surface area (Å²) >= 11 is 13.1. The highest BCUT2D eigenvalue weighted by atomic mass is 32.1. The van der Waals surface area contributed by atoms with Gasteiger partial charge < -0.3 is 0 Å². The highest BCUT2D eigenvalue weighted by molar-refractivity contribution is 7.27. The van der Waals surface area contributed by atoms with Crippen LogP contribution in [0.1, 0.15) is 257 Å². The first-order chi connectivity index (χ1) is 58.8. The maximum atomic E-state index is 4.85. The maximum Gasteiger partial charge on any atom is 0.138 e. The second-order valence-corrected chi connectivity index (χ2v) is 55.0. The third-order valence-corrected chi connectivity index (χ3v) is 49.1. The molecule has 14 aromatic rings. The molecule has 15 heteroatoms. The molecule has 0 N–H and O–H groups in total. The van der Waals surface area contributed by atoms with E-state index in [1.807, 2.05) is 81.9 Å². The van der Waals surface area contributed by atoms with Gasteiger partial charge in [-0.1, -0.05) is 31.4 Å². The number of aryl methyl sites for hydroxylation is 8. The molecule has 0 bridgehead atoms. The lowest BCUT2D eigenvalue weighted by atomic mass is 9.86. The molecule has 0 amide bonds. The zero-order valence-electron chi connectivity index (χ0n) is 87.0. The fraction of sp³-hybridized carbons (Fsp3) is 0.438. The molecule has 0 aliphatic carbocycles. The van der Waals surface area contributed by atoms with E-state index >= 15 is 0 Å². The van der Waals surface area contributed by atoms with Crippen molar-refractivity contribution in [3.8, 4) is 50.1 Å². The summed E-state index contributed by atoms with van der Waals surface area (Å²) in [5.74, 6) is 0. The predicted molar refractivity (Wildman–Crippen MR) is 580 cm³/mol. The average molecular weight is 1860 g/mol. The molecule has 0 atom stereocenters. The van der Waals surface area contributed by atoms with Crippen LogP contribution >= 0.6 is 79.7 Å². The number of hydrogen-bond donors (Lipinski definition) is 0. The Morgan fingerprint density at radius 1 is 0.197 bits per heavy atom. The van der Waals surface area contributed by atoms with Gasteiger partial charge in [0.1, 0.15) is 38.2 Å². The fourth-order valence-electron chi connectivity index (χ4n) is 18.9. The zero-order valence-corrected chi connectivity index (χ0v) is 94.7. The minimum atomic E-state index is -1.44. The van der Waals surface area contributed by atoms with E-state index < -0.39 is 16.1 Å². The summed E-state index contributed by atoms with van der Waals surface area (Å²) in [4.78, 5) is 22.4. The van der Waals surface area contributed by atoms with Crippen molar-refractivity contribution in [3.63, 3.8) is 0 Å². The van der Waals surface area contributed by atoms with E-state index in [0.717, 1.165) is 22.1 Å². The number of thiophene rings is 6. The minimum absolute atomic E-state index is 0.889. The molecule has 8 aromatic heterocycles. The van der Waals surface area contributed by atoms with E-state index in [0.29, 0.717) is 0 Å². The third kappa shape index (κ3) is 17.8. The van der Waals surface area contributed by atoms with Gasteiger partial charge in [0.25, 0.3) is 0 Å². The van der Waals surface area contributed by atoms with Crippen LogP contribution in [0.25, 0.3) is 77.8 Å². The molecule has 0 saturated carbocycles. The van der Waals surface area contributed by atoms with Crippen LogP contribution in [0.15, 0.2) is 14.8 Å². The van der Waals surface area contributed by atoms with Gasteiger partial charge in [0.15, 0.2) is 0 Å². The van der Waals surface area contributed by atoms with Crippen LogP contribution in [0.4, 0.5) is 5.69 Å². The van der Waals surface area contributed by atoms with Crippen molar-refractivity contribution in [1.29, 1.82) is 0 Å². The second kappa shape index (κ2) is 38.4. The monoisotopic (exact) mass is 1860 g/mol. The molecule has 10 heterocycles. The largest absolute Gasteiger partial charge is 0.262 e. The number of benzene rings is 6. The first-order valence-corrected chi connectivity index (χ1v) is 56.9. The second-order valence-electron chi connectivity index (χ2n) is 38.6. The van der Waals surface area contributed by atoms with Crippen LogP contribution in [0.3, 0.4) is 0 Å². The SMILES string of the molecule is CC1=C(C)[Si](C)(C)c2c(C)c(C)c(C)c(C)c21.CC1=Nc2c(C)c(C)c(C)c(C)c2[Si]1(C)C.Cc1c(-c2c(C)c(C)c(C)c(C)c2C)sc(-c2c(C)c(C)c(C)c(C)c2C)c1C.Cc1c(C)c(C)c2nonc2c1C.Cc1c(C)c(C)c2nsnc2c1C.Cc1sc(-c2sc(-c3sc(C)c(C)c3C)c(C)c2C)c(C)c1C.Cc1sc(-c2sc(C)c(C)c2C)c(C)c1C. The Morgan fingerprint density at radius 3 is 0.724 bits per heavy atom. The van der Waals surface area contributed by atoms with Crippen molar-refractivity contribution in [2.24, 2.45) is 4.99 Å². The van der Waals surface area contributed by atoms with E-state index in [2.05, 4.69) is 343 Å². The normalized spacial score (nSPS) is 12.9. The topological polar surface area (TPSA) is 77.1 Å². The molecule has 0 unspecified atom stereocenters. The molecular weight excluding hydrogens is 1710 g/mol. The Hall–Kier alpha value is -7.42. The lowest BCUT2D eigenvalue weighted by Crippen LogP contribution is -2.47. The highest BCUT2D eigenvalue weighted by Crippen LogP contribution is 2.52. The van der Waals surface area contributed by atoms with Crippen LogP contribution in [-0.4, -0.2) is 40.5 Å². The first kappa shape index (κ1) is 102. The van der Waals surface area contributed by atoms with Crippen LogP contribution in [0, 0.1) is 291 Å². The van der Waals surface area contributed by atoms with Gasteiger partial charge in [-0.2, -0.15) is 8.75 Å². The summed E-state index contributed by atoms with van der Waals surface area (Å²) in [6.07, 6.45) is 0. The quantitative estimate of drug-likeness (QED) is 0.161. The van der Waals surface area contributed by atoms with Crippen molar-refractivity contribution in [3.05, 3.63) is 242 Å². The Balaban J connectivity index is 0.000000157. The number of fused-ring (bicyclic) bond motifs is 4. The lowest BCUT2D eigenvalue weighted by molar-refractivity contribution is 0.315. The molecule has 0 saturated heterocycles. The van der Waals surface area contributed by atoms with Gasteiger partial charge in [-0.25, -0.2) is 4.63 Å². The van der Waals surface area contributed by atoms with Crippen molar-refractivity contribution in [2.75, 3.05) is 0 Å².